The summed E-state index contributed by atoms with van der Waals surface area (Å²) >= 11 is 0. The second-order valence-electron chi connectivity index (χ2n) is 5.57. The maximum Gasteiger partial charge on any atom is 0.130 e. The number of aromatic nitrogens is 2. The molecule has 1 aromatic carbocycles. The zero-order chi connectivity index (χ0) is 15.4. The van der Waals surface area contributed by atoms with Crippen LogP contribution in [0, 0.1) is 12.7 Å². The fourth-order valence-electron chi connectivity index (χ4n) is 2.43. The van der Waals surface area contributed by atoms with E-state index in [2.05, 4.69) is 24.3 Å². The van der Waals surface area contributed by atoms with Crippen molar-refractivity contribution in [1.82, 2.24) is 15.1 Å². The molecule has 0 spiro atoms. The number of hydrogen-bond donors (Lipinski definition) is 1. The third-order valence-corrected chi connectivity index (χ3v) is 4.06. The molecule has 0 saturated carbocycles. The summed E-state index contributed by atoms with van der Waals surface area (Å²) < 4.78 is 16.2. The molecule has 0 bridgehead atoms. The first-order valence-electron chi connectivity index (χ1n) is 7.53. The van der Waals surface area contributed by atoms with Crippen LogP contribution in [0.4, 0.5) is 4.39 Å². The molecular formula is C17H24FN3. The first-order chi connectivity index (χ1) is 10.1. The standard InChI is InChI=1S/C17H24FN3/c1-5-13(3)21-10-9-14(20-21)11-16(19-4)15-8-6-7-12(2)17(15)18/h6-10,13,16,19H,5,11H2,1-4H3. The number of hydrogen-bond acceptors (Lipinski definition) is 2. The quantitative estimate of drug-likeness (QED) is 0.876. The largest absolute Gasteiger partial charge is 0.313 e. The van der Waals surface area contributed by atoms with Crippen LogP contribution in [0.15, 0.2) is 30.5 Å². The van der Waals surface area contributed by atoms with Gasteiger partial charge in [-0.15, -0.1) is 0 Å². The minimum Gasteiger partial charge on any atom is -0.313 e. The fraction of sp³-hybridized carbons (Fsp3) is 0.471. The van der Waals surface area contributed by atoms with Gasteiger partial charge >= 0.3 is 0 Å². The molecule has 0 aliphatic carbocycles. The molecule has 2 atom stereocenters. The minimum atomic E-state index is -0.127. The van der Waals surface area contributed by atoms with Gasteiger partial charge in [-0.3, -0.25) is 4.68 Å². The monoisotopic (exact) mass is 289 g/mol. The van der Waals surface area contributed by atoms with Crippen LogP contribution in [-0.2, 0) is 6.42 Å². The number of rotatable bonds is 6. The minimum absolute atomic E-state index is 0.0646. The van der Waals surface area contributed by atoms with Crippen molar-refractivity contribution >= 4 is 0 Å². The normalized spacial score (nSPS) is 14.1. The Balaban J connectivity index is 2.19. The Morgan fingerprint density at radius 1 is 1.33 bits per heavy atom. The van der Waals surface area contributed by atoms with E-state index in [1.54, 1.807) is 13.0 Å². The lowest BCUT2D eigenvalue weighted by molar-refractivity contribution is 0.467. The van der Waals surface area contributed by atoms with Crippen LogP contribution in [-0.4, -0.2) is 16.8 Å². The van der Waals surface area contributed by atoms with Crippen molar-refractivity contribution in [2.45, 2.75) is 45.7 Å². The molecular weight excluding hydrogens is 265 g/mol. The van der Waals surface area contributed by atoms with Gasteiger partial charge in [-0.25, -0.2) is 4.39 Å². The summed E-state index contributed by atoms with van der Waals surface area (Å²) in [6, 6.07) is 7.88. The molecule has 0 saturated heterocycles. The lowest BCUT2D eigenvalue weighted by Gasteiger charge is -2.17. The Morgan fingerprint density at radius 2 is 2.10 bits per heavy atom. The van der Waals surface area contributed by atoms with E-state index in [1.807, 2.05) is 36.1 Å². The number of aryl methyl sites for hydroxylation is 1. The topological polar surface area (TPSA) is 29.9 Å². The van der Waals surface area contributed by atoms with E-state index in [0.29, 0.717) is 23.6 Å². The van der Waals surface area contributed by atoms with Crippen molar-refractivity contribution in [2.75, 3.05) is 7.05 Å². The first kappa shape index (κ1) is 15.7. The Kier molecular flexibility index (Phi) is 5.12. The van der Waals surface area contributed by atoms with E-state index in [4.69, 9.17) is 0 Å². The number of nitrogens with one attached hydrogen (secondary N) is 1. The van der Waals surface area contributed by atoms with Gasteiger partial charge in [-0.2, -0.15) is 5.10 Å². The molecule has 2 aromatic rings. The average Bonchev–Trinajstić information content (AvgIpc) is 2.95. The number of halogens is 1. The molecule has 4 heteroatoms. The van der Waals surface area contributed by atoms with Gasteiger partial charge in [0.1, 0.15) is 5.82 Å². The highest BCUT2D eigenvalue weighted by Crippen LogP contribution is 2.23. The molecule has 0 amide bonds. The van der Waals surface area contributed by atoms with Gasteiger partial charge in [0.15, 0.2) is 0 Å². The van der Waals surface area contributed by atoms with Crippen molar-refractivity contribution in [2.24, 2.45) is 0 Å². The second kappa shape index (κ2) is 6.85. The van der Waals surface area contributed by atoms with Crippen molar-refractivity contribution < 1.29 is 4.39 Å². The van der Waals surface area contributed by atoms with Gasteiger partial charge in [-0.05, 0) is 38.9 Å². The van der Waals surface area contributed by atoms with E-state index in [9.17, 15) is 4.39 Å². The zero-order valence-electron chi connectivity index (χ0n) is 13.2. The number of likely N-dealkylation sites (N-methyl/N-ethyl adjacent to an activating group) is 1. The summed E-state index contributed by atoms with van der Waals surface area (Å²) in [6.07, 6.45) is 3.73. The van der Waals surface area contributed by atoms with Gasteiger partial charge in [0, 0.05) is 30.3 Å². The molecule has 21 heavy (non-hydrogen) atoms. The third-order valence-electron chi connectivity index (χ3n) is 4.06. The molecule has 3 nitrogen and oxygen atoms in total. The van der Waals surface area contributed by atoms with Gasteiger partial charge in [0.2, 0.25) is 0 Å². The highest BCUT2D eigenvalue weighted by Gasteiger charge is 2.17. The SMILES string of the molecule is CCC(C)n1ccc(CC(NC)c2cccc(C)c2F)n1. The van der Waals surface area contributed by atoms with Gasteiger partial charge in [0.05, 0.1) is 5.69 Å². The Hall–Kier alpha value is -1.68. The van der Waals surface area contributed by atoms with Crippen LogP contribution in [0.1, 0.15) is 49.2 Å². The van der Waals surface area contributed by atoms with Crippen LogP contribution in [0.5, 0.6) is 0 Å². The summed E-state index contributed by atoms with van der Waals surface area (Å²) in [4.78, 5) is 0. The van der Waals surface area contributed by atoms with Gasteiger partial charge in [0.25, 0.3) is 0 Å². The molecule has 2 unspecified atom stereocenters. The van der Waals surface area contributed by atoms with Crippen LogP contribution in [0.3, 0.4) is 0 Å². The van der Waals surface area contributed by atoms with Gasteiger partial charge < -0.3 is 5.32 Å². The highest BCUT2D eigenvalue weighted by molar-refractivity contribution is 5.28. The smallest absolute Gasteiger partial charge is 0.130 e. The molecule has 1 N–H and O–H groups in total. The van der Waals surface area contributed by atoms with Crippen molar-refractivity contribution in [1.29, 1.82) is 0 Å². The highest BCUT2D eigenvalue weighted by atomic mass is 19.1. The maximum absolute atomic E-state index is 14.3. The van der Waals surface area contributed by atoms with E-state index in [0.717, 1.165) is 12.1 Å². The van der Waals surface area contributed by atoms with Crippen molar-refractivity contribution in [3.05, 3.63) is 53.1 Å². The average molecular weight is 289 g/mol. The predicted octanol–water partition coefficient (Wildman–Crippen LogP) is 3.80. The molecule has 1 aromatic heterocycles. The lowest BCUT2D eigenvalue weighted by atomic mass is 9.99. The molecule has 114 valence electrons. The summed E-state index contributed by atoms with van der Waals surface area (Å²) in [7, 11) is 1.86. The van der Waals surface area contributed by atoms with Crippen LogP contribution < -0.4 is 5.32 Å². The first-order valence-corrected chi connectivity index (χ1v) is 7.53. The maximum atomic E-state index is 14.3. The van der Waals surface area contributed by atoms with E-state index in [1.165, 1.54) is 0 Å². The number of benzene rings is 1. The van der Waals surface area contributed by atoms with E-state index >= 15 is 0 Å². The lowest BCUT2D eigenvalue weighted by Crippen LogP contribution is -2.21. The van der Waals surface area contributed by atoms with Crippen LogP contribution in [0.25, 0.3) is 0 Å². The van der Waals surface area contributed by atoms with E-state index in [-0.39, 0.29) is 11.9 Å². The summed E-state index contributed by atoms with van der Waals surface area (Å²) in [5.41, 5.74) is 2.36. The molecule has 2 rings (SSSR count). The molecule has 0 aliphatic rings. The zero-order valence-corrected chi connectivity index (χ0v) is 13.2. The molecule has 0 radical (unpaired) electrons. The van der Waals surface area contributed by atoms with E-state index < -0.39 is 0 Å². The fourth-order valence-corrected chi connectivity index (χ4v) is 2.43. The molecule has 1 heterocycles. The predicted molar refractivity (Wildman–Crippen MR) is 83.9 cm³/mol. The van der Waals surface area contributed by atoms with Crippen LogP contribution >= 0.6 is 0 Å². The summed E-state index contributed by atoms with van der Waals surface area (Å²) in [5, 5.41) is 7.80. The Morgan fingerprint density at radius 3 is 2.76 bits per heavy atom. The number of nitrogens with zero attached hydrogens (tertiary/aromatic N) is 2. The summed E-state index contributed by atoms with van der Waals surface area (Å²) in [6.45, 7) is 6.08. The Labute approximate surface area is 126 Å². The summed E-state index contributed by atoms with van der Waals surface area (Å²) in [5.74, 6) is -0.127. The second-order valence-corrected chi connectivity index (χ2v) is 5.57. The van der Waals surface area contributed by atoms with Gasteiger partial charge in [-0.1, -0.05) is 25.1 Å². The van der Waals surface area contributed by atoms with Crippen LogP contribution in [0.2, 0.25) is 0 Å². The Bertz CT molecular complexity index is 591. The third kappa shape index (κ3) is 3.50. The molecule has 0 fully saturated rings. The van der Waals surface area contributed by atoms with Crippen molar-refractivity contribution in [3.63, 3.8) is 0 Å². The molecule has 0 aliphatic heterocycles. The van der Waals surface area contributed by atoms with Crippen molar-refractivity contribution in [3.8, 4) is 0 Å².